The minimum atomic E-state index is -3.06. The second-order valence-corrected chi connectivity index (χ2v) is 7.81. The molecule has 1 unspecified atom stereocenters. The van der Waals surface area contributed by atoms with Crippen molar-refractivity contribution < 1.29 is 17.9 Å². The summed E-state index contributed by atoms with van der Waals surface area (Å²) in [6.45, 7) is 4.97. The van der Waals surface area contributed by atoms with Crippen LogP contribution in [0.25, 0.3) is 0 Å². The Morgan fingerprint density at radius 2 is 1.91 bits per heavy atom. The fourth-order valence-electron chi connectivity index (χ4n) is 2.31. The Bertz CT molecular complexity index is 599. The number of sulfone groups is 1. The molecule has 0 aliphatic rings. The van der Waals surface area contributed by atoms with Gasteiger partial charge in [0.15, 0.2) is 0 Å². The zero-order chi connectivity index (χ0) is 17.5. The van der Waals surface area contributed by atoms with Gasteiger partial charge in [-0.05, 0) is 31.2 Å². The lowest BCUT2D eigenvalue weighted by molar-refractivity contribution is -0.122. The molecule has 1 atom stereocenters. The number of carbonyl (C=O) groups excluding carboxylic acids is 1. The number of hydrogen-bond donors (Lipinski definition) is 1. The van der Waals surface area contributed by atoms with E-state index < -0.39 is 9.84 Å². The molecule has 0 bridgehead atoms. The van der Waals surface area contributed by atoms with Gasteiger partial charge in [-0.15, -0.1) is 0 Å². The Labute approximate surface area is 138 Å². The molecule has 0 heterocycles. The molecule has 0 aliphatic carbocycles. The number of likely N-dealkylation sites (N-methyl/N-ethyl adjacent to an activating group) is 1. The van der Waals surface area contributed by atoms with Crippen LogP contribution < -0.4 is 10.1 Å². The lowest BCUT2D eigenvalue weighted by Gasteiger charge is -2.26. The first-order valence-corrected chi connectivity index (χ1v) is 9.62. The minimum Gasteiger partial charge on any atom is -0.497 e. The second-order valence-electron chi connectivity index (χ2n) is 5.63. The van der Waals surface area contributed by atoms with Gasteiger partial charge in [0.25, 0.3) is 0 Å². The molecule has 1 aromatic rings. The summed E-state index contributed by atoms with van der Waals surface area (Å²) in [7, 11) is -1.46. The van der Waals surface area contributed by atoms with Gasteiger partial charge in [0.2, 0.25) is 5.91 Å². The number of hydrogen-bond acceptors (Lipinski definition) is 5. The van der Waals surface area contributed by atoms with Crippen LogP contribution in [0.4, 0.5) is 0 Å². The Balaban J connectivity index is 2.49. The highest BCUT2D eigenvalue weighted by atomic mass is 32.2. The number of ether oxygens (including phenoxy) is 1. The molecule has 0 aliphatic heterocycles. The summed E-state index contributed by atoms with van der Waals surface area (Å²) in [5, 5.41) is 2.85. The highest BCUT2D eigenvalue weighted by Crippen LogP contribution is 2.11. The average Bonchev–Trinajstić information content (AvgIpc) is 2.49. The van der Waals surface area contributed by atoms with E-state index in [2.05, 4.69) is 5.32 Å². The van der Waals surface area contributed by atoms with Crippen LogP contribution in [0.1, 0.15) is 19.4 Å². The molecular weight excluding hydrogens is 316 g/mol. The van der Waals surface area contributed by atoms with Crippen molar-refractivity contribution >= 4 is 15.7 Å². The molecule has 1 rings (SSSR count). The first kappa shape index (κ1) is 19.4. The van der Waals surface area contributed by atoms with Crippen LogP contribution in [0.2, 0.25) is 0 Å². The smallest absolute Gasteiger partial charge is 0.234 e. The largest absolute Gasteiger partial charge is 0.497 e. The molecular formula is C16H26N2O4S. The number of amides is 1. The maximum absolute atomic E-state index is 12.1. The summed E-state index contributed by atoms with van der Waals surface area (Å²) in [4.78, 5) is 13.9. The summed E-state index contributed by atoms with van der Waals surface area (Å²) in [6, 6.07) is 7.27. The Hall–Kier alpha value is -1.60. The van der Waals surface area contributed by atoms with Crippen LogP contribution >= 0.6 is 0 Å². The van der Waals surface area contributed by atoms with Gasteiger partial charge in [-0.1, -0.05) is 19.1 Å². The maximum atomic E-state index is 12.1. The van der Waals surface area contributed by atoms with E-state index in [4.69, 9.17) is 4.74 Å². The first-order valence-electron chi connectivity index (χ1n) is 7.56. The van der Waals surface area contributed by atoms with Crippen LogP contribution in [-0.2, 0) is 21.2 Å². The SMILES string of the molecule is CCN(CC(=O)NCc1ccc(OC)cc1)C(C)CS(C)(=O)=O. The predicted octanol–water partition coefficient (Wildman–Crippen LogP) is 1.07. The van der Waals surface area contributed by atoms with Crippen molar-refractivity contribution in [2.24, 2.45) is 0 Å². The minimum absolute atomic E-state index is 0.0482. The lowest BCUT2D eigenvalue weighted by atomic mass is 10.2. The van der Waals surface area contributed by atoms with Crippen molar-refractivity contribution in [1.29, 1.82) is 0 Å². The molecule has 7 heteroatoms. The predicted molar refractivity (Wildman–Crippen MR) is 91.3 cm³/mol. The number of methoxy groups -OCH3 is 1. The first-order chi connectivity index (χ1) is 10.7. The molecule has 0 fully saturated rings. The second kappa shape index (κ2) is 8.88. The van der Waals surface area contributed by atoms with Gasteiger partial charge >= 0.3 is 0 Å². The van der Waals surface area contributed by atoms with Gasteiger partial charge in [-0.25, -0.2) is 8.42 Å². The number of benzene rings is 1. The molecule has 130 valence electrons. The van der Waals surface area contributed by atoms with Crippen molar-refractivity contribution in [3.63, 3.8) is 0 Å². The fraction of sp³-hybridized carbons (Fsp3) is 0.562. The van der Waals surface area contributed by atoms with Gasteiger partial charge in [-0.3, -0.25) is 9.69 Å². The van der Waals surface area contributed by atoms with E-state index in [0.717, 1.165) is 11.3 Å². The van der Waals surface area contributed by atoms with E-state index in [1.54, 1.807) is 7.11 Å². The van der Waals surface area contributed by atoms with E-state index in [-0.39, 0.29) is 24.2 Å². The third-order valence-electron chi connectivity index (χ3n) is 3.57. The molecule has 1 aromatic carbocycles. The van der Waals surface area contributed by atoms with Crippen molar-refractivity contribution in [3.8, 4) is 5.75 Å². The summed E-state index contributed by atoms with van der Waals surface area (Å²) in [5.74, 6) is 0.696. The normalized spacial score (nSPS) is 12.9. The van der Waals surface area contributed by atoms with Gasteiger partial charge in [-0.2, -0.15) is 0 Å². The summed E-state index contributed by atoms with van der Waals surface area (Å²) >= 11 is 0. The van der Waals surface area contributed by atoms with Crippen molar-refractivity contribution in [2.45, 2.75) is 26.4 Å². The summed E-state index contributed by atoms with van der Waals surface area (Å²) in [6.07, 6.45) is 1.21. The highest BCUT2D eigenvalue weighted by Gasteiger charge is 2.19. The van der Waals surface area contributed by atoms with Gasteiger partial charge in [0.1, 0.15) is 15.6 Å². The fourth-order valence-corrected chi connectivity index (χ4v) is 3.39. The van der Waals surface area contributed by atoms with E-state index in [1.165, 1.54) is 6.26 Å². The maximum Gasteiger partial charge on any atom is 0.234 e. The van der Waals surface area contributed by atoms with Crippen LogP contribution in [0.5, 0.6) is 5.75 Å². The molecule has 1 amide bonds. The van der Waals surface area contributed by atoms with Crippen LogP contribution in [0, 0.1) is 0 Å². The Morgan fingerprint density at radius 1 is 1.30 bits per heavy atom. The van der Waals surface area contributed by atoms with Crippen molar-refractivity contribution in [2.75, 3.05) is 32.2 Å². The monoisotopic (exact) mass is 342 g/mol. The van der Waals surface area contributed by atoms with Gasteiger partial charge in [0, 0.05) is 18.8 Å². The van der Waals surface area contributed by atoms with Crippen LogP contribution in [-0.4, -0.2) is 57.5 Å². The number of carbonyl (C=O) groups is 1. The van der Waals surface area contributed by atoms with E-state index in [9.17, 15) is 13.2 Å². The molecule has 23 heavy (non-hydrogen) atoms. The zero-order valence-corrected chi connectivity index (χ0v) is 15.0. The Morgan fingerprint density at radius 3 is 2.39 bits per heavy atom. The summed E-state index contributed by atoms with van der Waals surface area (Å²) < 4.78 is 27.8. The molecule has 0 spiro atoms. The number of nitrogens with one attached hydrogen (secondary N) is 1. The van der Waals surface area contributed by atoms with Crippen LogP contribution in [0.15, 0.2) is 24.3 Å². The Kier molecular flexibility index (Phi) is 7.51. The third kappa shape index (κ3) is 7.47. The average molecular weight is 342 g/mol. The number of rotatable bonds is 9. The molecule has 0 aromatic heterocycles. The zero-order valence-electron chi connectivity index (χ0n) is 14.2. The van der Waals surface area contributed by atoms with E-state index in [1.807, 2.05) is 43.0 Å². The van der Waals surface area contributed by atoms with E-state index >= 15 is 0 Å². The van der Waals surface area contributed by atoms with Crippen molar-refractivity contribution in [3.05, 3.63) is 29.8 Å². The third-order valence-corrected chi connectivity index (χ3v) is 4.66. The van der Waals surface area contributed by atoms with E-state index in [0.29, 0.717) is 13.1 Å². The molecule has 6 nitrogen and oxygen atoms in total. The van der Waals surface area contributed by atoms with Crippen LogP contribution in [0.3, 0.4) is 0 Å². The van der Waals surface area contributed by atoms with Gasteiger partial charge in [0.05, 0.1) is 19.4 Å². The molecule has 0 saturated carbocycles. The highest BCUT2D eigenvalue weighted by molar-refractivity contribution is 7.90. The molecule has 0 saturated heterocycles. The standard InChI is InChI=1S/C16H26N2O4S/c1-5-18(13(2)12-23(4,20)21)11-16(19)17-10-14-6-8-15(22-3)9-7-14/h6-9,13H,5,10-12H2,1-4H3,(H,17,19). The topological polar surface area (TPSA) is 75.7 Å². The molecule has 0 radical (unpaired) electrons. The van der Waals surface area contributed by atoms with Crippen molar-refractivity contribution in [1.82, 2.24) is 10.2 Å². The van der Waals surface area contributed by atoms with Gasteiger partial charge < -0.3 is 10.1 Å². The lowest BCUT2D eigenvalue weighted by Crippen LogP contribution is -2.44. The summed E-state index contributed by atoms with van der Waals surface area (Å²) in [5.41, 5.74) is 0.978. The molecule has 1 N–H and O–H groups in total. The number of nitrogens with zero attached hydrogens (tertiary/aromatic N) is 1. The quantitative estimate of drug-likeness (QED) is 0.726.